The van der Waals surface area contributed by atoms with E-state index >= 15 is 0 Å². The highest BCUT2D eigenvalue weighted by atomic mass is 16.2. The summed E-state index contributed by atoms with van der Waals surface area (Å²) in [5.41, 5.74) is 0.211. The molecule has 4 amide bonds. The summed E-state index contributed by atoms with van der Waals surface area (Å²) in [6.45, 7) is 3.96. The molecule has 1 aromatic rings. The van der Waals surface area contributed by atoms with Crippen LogP contribution in [-0.2, 0) is 4.79 Å². The van der Waals surface area contributed by atoms with Crippen LogP contribution in [0.15, 0.2) is 18.6 Å². The SMILES string of the molecule is CC(C(=O)NC(=O)NC12CC3CC(CC(C3)C1)C2)N1CCN(C(=O)c2cnccn2)CC1. The second-order valence-electron chi connectivity index (χ2n) is 10.2. The van der Waals surface area contributed by atoms with E-state index in [4.69, 9.17) is 0 Å². The van der Waals surface area contributed by atoms with Crippen LogP contribution in [0.5, 0.6) is 0 Å². The van der Waals surface area contributed by atoms with Crippen molar-refractivity contribution in [3.05, 3.63) is 24.3 Å². The summed E-state index contributed by atoms with van der Waals surface area (Å²) in [6.07, 6.45) is 11.6. The Labute approximate surface area is 188 Å². The maximum absolute atomic E-state index is 12.8. The van der Waals surface area contributed by atoms with E-state index in [1.165, 1.54) is 37.9 Å². The number of rotatable bonds is 4. The first kappa shape index (κ1) is 21.3. The summed E-state index contributed by atoms with van der Waals surface area (Å²) < 4.78 is 0. The molecular weight excluding hydrogens is 408 g/mol. The quantitative estimate of drug-likeness (QED) is 0.733. The Morgan fingerprint density at radius 1 is 1.00 bits per heavy atom. The summed E-state index contributed by atoms with van der Waals surface area (Å²) in [5.74, 6) is 1.76. The molecule has 9 heteroatoms. The molecule has 5 aliphatic rings. The van der Waals surface area contributed by atoms with Crippen molar-refractivity contribution in [3.63, 3.8) is 0 Å². The Balaban J connectivity index is 1.11. The Hall–Kier alpha value is -2.55. The Bertz CT molecular complexity index is 848. The number of hydrogen-bond donors (Lipinski definition) is 2. The van der Waals surface area contributed by atoms with Gasteiger partial charge in [0.1, 0.15) is 5.69 Å². The van der Waals surface area contributed by atoms with Gasteiger partial charge in [0, 0.05) is 44.1 Å². The van der Waals surface area contributed by atoms with E-state index in [1.807, 2.05) is 11.8 Å². The van der Waals surface area contributed by atoms with E-state index in [9.17, 15) is 14.4 Å². The molecule has 1 atom stereocenters. The third-order valence-corrected chi connectivity index (χ3v) is 7.96. The summed E-state index contributed by atoms with van der Waals surface area (Å²) in [5, 5.41) is 5.78. The molecule has 1 unspecified atom stereocenters. The van der Waals surface area contributed by atoms with E-state index in [0.29, 0.717) is 31.9 Å². The number of urea groups is 1. The zero-order chi connectivity index (χ0) is 22.3. The number of hydrogen-bond acceptors (Lipinski definition) is 6. The van der Waals surface area contributed by atoms with Gasteiger partial charge in [-0.15, -0.1) is 0 Å². The van der Waals surface area contributed by atoms with Crippen LogP contribution in [0.4, 0.5) is 4.79 Å². The Morgan fingerprint density at radius 2 is 1.62 bits per heavy atom. The number of amides is 4. The molecule has 2 heterocycles. The first-order valence-corrected chi connectivity index (χ1v) is 11.8. The van der Waals surface area contributed by atoms with Crippen LogP contribution in [0.1, 0.15) is 55.9 Å². The van der Waals surface area contributed by atoms with Crippen LogP contribution in [0.3, 0.4) is 0 Å². The van der Waals surface area contributed by atoms with Gasteiger partial charge in [0.2, 0.25) is 5.91 Å². The lowest BCUT2D eigenvalue weighted by Crippen LogP contribution is -2.63. The number of carbonyl (C=O) groups is 3. The fraction of sp³-hybridized carbons (Fsp3) is 0.696. The van der Waals surface area contributed by atoms with Crippen molar-refractivity contribution in [2.45, 2.75) is 57.0 Å². The topological polar surface area (TPSA) is 108 Å². The fourth-order valence-corrected chi connectivity index (χ4v) is 6.80. The van der Waals surface area contributed by atoms with Gasteiger partial charge in [-0.2, -0.15) is 0 Å². The molecule has 2 N–H and O–H groups in total. The fourth-order valence-electron chi connectivity index (χ4n) is 6.80. The van der Waals surface area contributed by atoms with Gasteiger partial charge in [-0.3, -0.25) is 24.8 Å². The summed E-state index contributed by atoms with van der Waals surface area (Å²) in [6, 6.07) is -0.800. The molecule has 1 aromatic heterocycles. The smallest absolute Gasteiger partial charge is 0.321 e. The van der Waals surface area contributed by atoms with Gasteiger partial charge >= 0.3 is 6.03 Å². The highest BCUT2D eigenvalue weighted by Gasteiger charge is 2.51. The largest absolute Gasteiger partial charge is 0.335 e. The normalized spacial score (nSPS) is 32.4. The van der Waals surface area contributed by atoms with Crippen LogP contribution in [-0.4, -0.2) is 75.4 Å². The van der Waals surface area contributed by atoms with E-state index < -0.39 is 6.04 Å². The predicted octanol–water partition coefficient (Wildman–Crippen LogP) is 1.42. The number of imide groups is 1. The zero-order valence-electron chi connectivity index (χ0n) is 18.6. The van der Waals surface area contributed by atoms with Crippen molar-refractivity contribution in [1.29, 1.82) is 0 Å². The number of piperazine rings is 1. The van der Waals surface area contributed by atoms with Gasteiger partial charge in [0.25, 0.3) is 5.91 Å². The molecule has 9 nitrogen and oxygen atoms in total. The molecule has 0 aromatic carbocycles. The first-order chi connectivity index (χ1) is 15.4. The molecule has 0 spiro atoms. The number of nitrogens with zero attached hydrogens (tertiary/aromatic N) is 4. The minimum Gasteiger partial charge on any atom is -0.335 e. The first-order valence-electron chi connectivity index (χ1n) is 11.8. The molecule has 5 fully saturated rings. The summed E-state index contributed by atoms with van der Waals surface area (Å²) in [7, 11) is 0. The van der Waals surface area contributed by atoms with Gasteiger partial charge in [-0.1, -0.05) is 0 Å². The van der Waals surface area contributed by atoms with E-state index in [0.717, 1.165) is 37.0 Å². The van der Waals surface area contributed by atoms with Gasteiger partial charge in [0.05, 0.1) is 12.2 Å². The minimum atomic E-state index is -0.439. The molecular formula is C23H32N6O3. The lowest BCUT2D eigenvalue weighted by molar-refractivity contribution is -0.125. The van der Waals surface area contributed by atoms with E-state index in [1.54, 1.807) is 4.90 Å². The van der Waals surface area contributed by atoms with Gasteiger partial charge < -0.3 is 10.2 Å². The van der Waals surface area contributed by atoms with Crippen LogP contribution in [0.25, 0.3) is 0 Å². The predicted molar refractivity (Wildman–Crippen MR) is 117 cm³/mol. The van der Waals surface area contributed by atoms with Crippen molar-refractivity contribution in [3.8, 4) is 0 Å². The van der Waals surface area contributed by atoms with Gasteiger partial charge in [-0.25, -0.2) is 9.78 Å². The van der Waals surface area contributed by atoms with Crippen molar-refractivity contribution in [2.24, 2.45) is 17.8 Å². The third kappa shape index (κ3) is 4.22. The van der Waals surface area contributed by atoms with Gasteiger partial charge in [-0.05, 0) is 63.2 Å². The Kier molecular flexibility index (Phi) is 5.61. The standard InChI is InChI=1S/C23H32N6O3/c1-15(28-4-6-29(7-5-28)21(31)19-14-24-2-3-25-19)20(30)26-22(32)27-23-11-16-8-17(12-23)10-18(9-16)13-23/h2-3,14-18H,4-13H2,1H3,(H2,26,27,30,32). The summed E-state index contributed by atoms with van der Waals surface area (Å²) >= 11 is 0. The zero-order valence-corrected chi connectivity index (χ0v) is 18.6. The van der Waals surface area contributed by atoms with Crippen molar-refractivity contribution < 1.29 is 14.4 Å². The summed E-state index contributed by atoms with van der Waals surface area (Å²) in [4.78, 5) is 49.7. The van der Waals surface area contributed by atoms with Gasteiger partial charge in [0.15, 0.2) is 0 Å². The van der Waals surface area contributed by atoms with E-state index in [-0.39, 0.29) is 23.4 Å². The maximum atomic E-state index is 12.8. The number of nitrogens with one attached hydrogen (secondary N) is 2. The Morgan fingerprint density at radius 3 is 2.19 bits per heavy atom. The van der Waals surface area contributed by atoms with Crippen molar-refractivity contribution >= 4 is 17.8 Å². The molecule has 1 aliphatic heterocycles. The average molecular weight is 441 g/mol. The van der Waals surface area contributed by atoms with Crippen LogP contribution in [0.2, 0.25) is 0 Å². The molecule has 4 bridgehead atoms. The average Bonchev–Trinajstić information content (AvgIpc) is 2.77. The van der Waals surface area contributed by atoms with Crippen LogP contribution >= 0.6 is 0 Å². The van der Waals surface area contributed by atoms with Crippen molar-refractivity contribution in [2.75, 3.05) is 26.2 Å². The molecule has 4 aliphatic carbocycles. The second kappa shape index (κ2) is 8.42. The monoisotopic (exact) mass is 440 g/mol. The van der Waals surface area contributed by atoms with Crippen molar-refractivity contribution in [1.82, 2.24) is 30.4 Å². The second-order valence-corrected chi connectivity index (χ2v) is 10.2. The highest BCUT2D eigenvalue weighted by Crippen LogP contribution is 2.55. The molecule has 172 valence electrons. The van der Waals surface area contributed by atoms with Crippen LogP contribution < -0.4 is 10.6 Å². The maximum Gasteiger partial charge on any atom is 0.321 e. The minimum absolute atomic E-state index is 0.116. The lowest BCUT2D eigenvalue weighted by atomic mass is 9.53. The molecule has 4 saturated carbocycles. The molecule has 1 saturated heterocycles. The van der Waals surface area contributed by atoms with E-state index in [2.05, 4.69) is 20.6 Å². The number of carbonyl (C=O) groups excluding carboxylic acids is 3. The molecule has 32 heavy (non-hydrogen) atoms. The molecule has 6 rings (SSSR count). The lowest BCUT2D eigenvalue weighted by Gasteiger charge is -2.56. The van der Waals surface area contributed by atoms with Crippen LogP contribution in [0, 0.1) is 17.8 Å². The molecule has 0 radical (unpaired) electrons. The number of aromatic nitrogens is 2. The highest BCUT2D eigenvalue weighted by molar-refractivity contribution is 5.97. The third-order valence-electron chi connectivity index (χ3n) is 7.96.